The summed E-state index contributed by atoms with van der Waals surface area (Å²) in [6.07, 6.45) is 0. The summed E-state index contributed by atoms with van der Waals surface area (Å²) in [5.74, 6) is 0.797. The standard InChI is InChI=1S/C21H21N4P/c1-25-21(22-23-24-25)19-15-9-10-16-20(19)26(2,17-11-5-3-6-12-17)18-13-7-4-8-14-18/h3-16,26H,1-2H3. The van der Waals surface area contributed by atoms with Gasteiger partial charge in [-0.3, -0.25) is 0 Å². The fourth-order valence-electron chi connectivity index (χ4n) is 3.59. The van der Waals surface area contributed by atoms with Crippen molar-refractivity contribution in [3.05, 3.63) is 84.9 Å². The molecule has 0 bridgehead atoms. The average Bonchev–Trinajstić information content (AvgIpc) is 3.14. The molecule has 130 valence electrons. The molecule has 0 aliphatic rings. The Hall–Kier alpha value is -2.84. The predicted octanol–water partition coefficient (Wildman–Crippen LogP) is 2.53. The van der Waals surface area contributed by atoms with E-state index in [4.69, 9.17) is 0 Å². The molecule has 26 heavy (non-hydrogen) atoms. The Balaban J connectivity index is 2.02. The average molecular weight is 360 g/mol. The Labute approximate surface area is 153 Å². The van der Waals surface area contributed by atoms with Crippen LogP contribution in [-0.2, 0) is 7.05 Å². The molecule has 0 aliphatic carbocycles. The normalized spacial score (nSPS) is 12.1. The van der Waals surface area contributed by atoms with E-state index < -0.39 is 7.26 Å². The minimum absolute atomic E-state index is 0.797. The van der Waals surface area contributed by atoms with Crippen LogP contribution < -0.4 is 15.9 Å². The molecule has 0 unspecified atom stereocenters. The van der Waals surface area contributed by atoms with E-state index in [1.165, 1.54) is 15.9 Å². The van der Waals surface area contributed by atoms with Gasteiger partial charge >= 0.3 is 153 Å². The van der Waals surface area contributed by atoms with Crippen LogP contribution in [0.4, 0.5) is 0 Å². The van der Waals surface area contributed by atoms with Gasteiger partial charge in [0.15, 0.2) is 0 Å². The molecule has 0 amide bonds. The topological polar surface area (TPSA) is 43.6 Å². The predicted molar refractivity (Wildman–Crippen MR) is 110 cm³/mol. The van der Waals surface area contributed by atoms with Gasteiger partial charge in [-0.25, -0.2) is 0 Å². The molecular formula is C21H21N4P. The van der Waals surface area contributed by atoms with Crippen molar-refractivity contribution in [2.24, 2.45) is 7.05 Å². The Morgan fingerprint density at radius 1 is 0.731 bits per heavy atom. The van der Waals surface area contributed by atoms with Crippen LogP contribution in [-0.4, -0.2) is 26.9 Å². The molecule has 0 fully saturated rings. The molecular weight excluding hydrogens is 339 g/mol. The van der Waals surface area contributed by atoms with Gasteiger partial charge in [0.1, 0.15) is 0 Å². The number of tetrazole rings is 1. The Kier molecular flexibility index (Phi) is 4.36. The van der Waals surface area contributed by atoms with Gasteiger partial charge < -0.3 is 0 Å². The SMILES string of the molecule is Cn1nnnc1-c1ccccc1[PH](C)(c1ccccc1)c1ccccc1. The van der Waals surface area contributed by atoms with Gasteiger partial charge in [-0.2, -0.15) is 0 Å². The van der Waals surface area contributed by atoms with Crippen LogP contribution in [0.1, 0.15) is 0 Å². The first kappa shape index (κ1) is 16.6. The van der Waals surface area contributed by atoms with Crippen molar-refractivity contribution in [2.45, 2.75) is 0 Å². The van der Waals surface area contributed by atoms with Gasteiger partial charge in [-0.1, -0.05) is 0 Å². The molecule has 1 heterocycles. The van der Waals surface area contributed by atoms with Crippen LogP contribution in [0.15, 0.2) is 84.9 Å². The third-order valence-electron chi connectivity index (χ3n) is 5.03. The van der Waals surface area contributed by atoms with E-state index in [1.807, 2.05) is 7.05 Å². The molecule has 0 saturated heterocycles. The quantitative estimate of drug-likeness (QED) is 0.526. The van der Waals surface area contributed by atoms with Gasteiger partial charge in [-0.05, 0) is 0 Å². The Morgan fingerprint density at radius 3 is 1.81 bits per heavy atom. The fourth-order valence-corrected chi connectivity index (χ4v) is 7.43. The van der Waals surface area contributed by atoms with Crippen molar-refractivity contribution in [1.29, 1.82) is 0 Å². The maximum absolute atomic E-state index is 4.27. The molecule has 0 atom stereocenters. The molecule has 0 radical (unpaired) electrons. The molecule has 3 aromatic carbocycles. The van der Waals surface area contributed by atoms with E-state index in [9.17, 15) is 0 Å². The zero-order valence-electron chi connectivity index (χ0n) is 14.9. The van der Waals surface area contributed by atoms with Crippen LogP contribution in [0.5, 0.6) is 0 Å². The molecule has 0 aliphatic heterocycles. The summed E-state index contributed by atoms with van der Waals surface area (Å²) in [6.45, 7) is 2.40. The minimum atomic E-state index is -2.21. The van der Waals surface area contributed by atoms with Crippen molar-refractivity contribution < 1.29 is 0 Å². The molecule has 5 heteroatoms. The first-order chi connectivity index (χ1) is 12.7. The van der Waals surface area contributed by atoms with Gasteiger partial charge in [0, 0.05) is 0 Å². The van der Waals surface area contributed by atoms with Crippen molar-refractivity contribution >= 4 is 23.2 Å². The first-order valence-corrected chi connectivity index (χ1v) is 11.1. The number of aromatic nitrogens is 4. The molecule has 0 spiro atoms. The third-order valence-corrected chi connectivity index (χ3v) is 9.52. The van der Waals surface area contributed by atoms with E-state index >= 15 is 0 Å². The second-order valence-electron chi connectivity index (χ2n) is 6.53. The van der Waals surface area contributed by atoms with Crippen molar-refractivity contribution in [3.63, 3.8) is 0 Å². The van der Waals surface area contributed by atoms with Crippen LogP contribution in [0.2, 0.25) is 0 Å². The number of aryl methyl sites for hydroxylation is 1. The van der Waals surface area contributed by atoms with Gasteiger partial charge in [0.2, 0.25) is 0 Å². The maximum atomic E-state index is 4.27. The Bertz CT molecular complexity index is 973. The molecule has 4 aromatic rings. The van der Waals surface area contributed by atoms with Crippen molar-refractivity contribution in [2.75, 3.05) is 6.66 Å². The van der Waals surface area contributed by atoms with Crippen LogP contribution in [0.25, 0.3) is 11.4 Å². The van der Waals surface area contributed by atoms with Crippen LogP contribution >= 0.6 is 7.26 Å². The Morgan fingerprint density at radius 2 is 1.27 bits per heavy atom. The van der Waals surface area contributed by atoms with Crippen LogP contribution in [0.3, 0.4) is 0 Å². The van der Waals surface area contributed by atoms with Gasteiger partial charge in [0.05, 0.1) is 0 Å². The van der Waals surface area contributed by atoms with E-state index in [-0.39, 0.29) is 0 Å². The number of rotatable bonds is 4. The van der Waals surface area contributed by atoms with E-state index in [0.717, 1.165) is 11.4 Å². The molecule has 0 N–H and O–H groups in total. The summed E-state index contributed by atoms with van der Waals surface area (Å²) < 4.78 is 1.74. The van der Waals surface area contributed by atoms with Crippen molar-refractivity contribution in [1.82, 2.24) is 20.2 Å². The summed E-state index contributed by atoms with van der Waals surface area (Å²) in [4.78, 5) is 0. The van der Waals surface area contributed by atoms with Gasteiger partial charge in [0.25, 0.3) is 0 Å². The zero-order chi connectivity index (χ0) is 18.0. The molecule has 0 saturated carbocycles. The second kappa shape index (κ2) is 6.81. The number of hydrogen-bond acceptors (Lipinski definition) is 3. The summed E-state index contributed by atoms with van der Waals surface area (Å²) in [5.41, 5.74) is 1.10. The second-order valence-corrected chi connectivity index (χ2v) is 10.5. The molecule has 1 aromatic heterocycles. The summed E-state index contributed by atoms with van der Waals surface area (Å²) >= 11 is 0. The van der Waals surface area contributed by atoms with E-state index in [2.05, 4.69) is 107 Å². The monoisotopic (exact) mass is 360 g/mol. The van der Waals surface area contributed by atoms with E-state index in [1.54, 1.807) is 4.68 Å². The first-order valence-electron chi connectivity index (χ1n) is 8.64. The van der Waals surface area contributed by atoms with E-state index in [0.29, 0.717) is 0 Å². The van der Waals surface area contributed by atoms with Crippen molar-refractivity contribution in [3.8, 4) is 11.4 Å². The van der Waals surface area contributed by atoms with Crippen LogP contribution in [0, 0.1) is 0 Å². The summed E-state index contributed by atoms with van der Waals surface area (Å²) in [5, 5.41) is 16.2. The molecule has 4 rings (SSSR count). The third kappa shape index (κ3) is 2.73. The summed E-state index contributed by atoms with van der Waals surface area (Å²) in [7, 11) is -0.325. The number of nitrogens with zero attached hydrogens (tertiary/aromatic N) is 4. The summed E-state index contributed by atoms with van der Waals surface area (Å²) in [6, 6.07) is 30.1. The number of hydrogen-bond donors (Lipinski definition) is 0. The zero-order valence-corrected chi connectivity index (χ0v) is 15.9. The van der Waals surface area contributed by atoms with Gasteiger partial charge in [-0.15, -0.1) is 0 Å². The number of benzene rings is 3. The molecule has 4 nitrogen and oxygen atoms in total. The fraction of sp³-hybridized carbons (Fsp3) is 0.0952.